The van der Waals surface area contributed by atoms with Gasteiger partial charge in [-0.05, 0) is 20.8 Å². The predicted molar refractivity (Wildman–Crippen MR) is 59.4 cm³/mol. The van der Waals surface area contributed by atoms with Crippen molar-refractivity contribution < 1.29 is 4.79 Å². The zero-order valence-electron chi connectivity index (χ0n) is 9.85. The number of hydrogen-bond donors (Lipinski definition) is 0. The monoisotopic (exact) mass is 218 g/mol. The molecular weight excluding hydrogens is 204 g/mol. The van der Waals surface area contributed by atoms with Crippen LogP contribution in [0.2, 0.25) is 0 Å². The lowest BCUT2D eigenvalue weighted by molar-refractivity contribution is 0.0956. The fraction of sp³-hybridized carbons (Fsp3) is 0.364. The Morgan fingerprint density at radius 2 is 2.00 bits per heavy atom. The molecule has 0 N–H and O–H groups in total. The standard InChI is InChI=1S/C11H14N4O/c1-7-10(8(2)14(4)13-7)11(16)15-6-5-12-9(15)3/h5-6H,1-4H3. The Morgan fingerprint density at radius 1 is 1.31 bits per heavy atom. The third-order valence-electron chi connectivity index (χ3n) is 2.77. The number of imidazole rings is 1. The van der Waals surface area contributed by atoms with Gasteiger partial charge in [-0.3, -0.25) is 14.0 Å². The second-order valence-electron chi connectivity index (χ2n) is 3.82. The molecule has 0 saturated carbocycles. The zero-order valence-corrected chi connectivity index (χ0v) is 9.85. The fourth-order valence-corrected chi connectivity index (χ4v) is 1.80. The normalized spacial score (nSPS) is 10.8. The number of nitrogens with zero attached hydrogens (tertiary/aromatic N) is 4. The Bertz CT molecular complexity index is 550. The molecule has 0 fully saturated rings. The molecule has 2 heterocycles. The molecule has 16 heavy (non-hydrogen) atoms. The number of carbonyl (C=O) groups excluding carboxylic acids is 1. The molecule has 0 saturated heterocycles. The Hall–Kier alpha value is -1.91. The Morgan fingerprint density at radius 3 is 2.44 bits per heavy atom. The van der Waals surface area contributed by atoms with Crippen LogP contribution in [-0.4, -0.2) is 25.2 Å². The Kier molecular flexibility index (Phi) is 2.38. The van der Waals surface area contributed by atoms with Gasteiger partial charge in [-0.15, -0.1) is 0 Å². The first-order chi connectivity index (χ1) is 7.52. The molecule has 5 nitrogen and oxygen atoms in total. The molecule has 2 aromatic heterocycles. The van der Waals surface area contributed by atoms with Gasteiger partial charge in [0.1, 0.15) is 5.82 Å². The van der Waals surface area contributed by atoms with Crippen LogP contribution in [0.5, 0.6) is 0 Å². The van der Waals surface area contributed by atoms with Gasteiger partial charge >= 0.3 is 0 Å². The quantitative estimate of drug-likeness (QED) is 0.723. The van der Waals surface area contributed by atoms with E-state index in [-0.39, 0.29) is 5.91 Å². The number of hydrogen-bond acceptors (Lipinski definition) is 3. The minimum absolute atomic E-state index is 0.0712. The first-order valence-corrected chi connectivity index (χ1v) is 5.07. The van der Waals surface area contributed by atoms with Crippen molar-refractivity contribution in [1.29, 1.82) is 0 Å². The second-order valence-corrected chi connectivity index (χ2v) is 3.82. The predicted octanol–water partition coefficient (Wildman–Crippen LogP) is 1.23. The minimum atomic E-state index is -0.0712. The van der Waals surface area contributed by atoms with Gasteiger partial charge in [0.15, 0.2) is 0 Å². The highest BCUT2D eigenvalue weighted by Crippen LogP contribution is 2.14. The van der Waals surface area contributed by atoms with E-state index in [9.17, 15) is 4.79 Å². The third-order valence-corrected chi connectivity index (χ3v) is 2.77. The lowest BCUT2D eigenvalue weighted by atomic mass is 10.2. The molecule has 0 amide bonds. The second kappa shape index (κ2) is 3.59. The maximum Gasteiger partial charge on any atom is 0.267 e. The summed E-state index contributed by atoms with van der Waals surface area (Å²) in [6.45, 7) is 5.53. The molecular formula is C11H14N4O. The van der Waals surface area contributed by atoms with Gasteiger partial charge in [0.25, 0.3) is 5.91 Å². The lowest BCUT2D eigenvalue weighted by Gasteiger charge is -2.03. The smallest absolute Gasteiger partial charge is 0.267 e. The summed E-state index contributed by atoms with van der Waals surface area (Å²) >= 11 is 0. The summed E-state index contributed by atoms with van der Waals surface area (Å²) in [5, 5.41) is 4.23. The van der Waals surface area contributed by atoms with E-state index < -0.39 is 0 Å². The molecule has 0 aliphatic carbocycles. The molecule has 2 aromatic rings. The van der Waals surface area contributed by atoms with Crippen molar-refractivity contribution in [3.05, 3.63) is 35.2 Å². The molecule has 0 radical (unpaired) electrons. The fourth-order valence-electron chi connectivity index (χ4n) is 1.80. The summed E-state index contributed by atoms with van der Waals surface area (Å²) in [7, 11) is 1.83. The number of aromatic nitrogens is 4. The summed E-state index contributed by atoms with van der Waals surface area (Å²) in [5.41, 5.74) is 2.28. The average Bonchev–Trinajstić information content (AvgIpc) is 2.73. The van der Waals surface area contributed by atoms with Crippen LogP contribution >= 0.6 is 0 Å². The van der Waals surface area contributed by atoms with Crippen molar-refractivity contribution in [2.45, 2.75) is 20.8 Å². The number of rotatable bonds is 1. The Labute approximate surface area is 93.7 Å². The largest absolute Gasteiger partial charge is 0.272 e. The highest BCUT2D eigenvalue weighted by molar-refractivity contribution is 5.98. The van der Waals surface area contributed by atoms with Crippen molar-refractivity contribution in [2.24, 2.45) is 7.05 Å². The van der Waals surface area contributed by atoms with Crippen molar-refractivity contribution in [1.82, 2.24) is 19.3 Å². The van der Waals surface area contributed by atoms with E-state index in [0.717, 1.165) is 11.4 Å². The Balaban J connectivity index is 2.54. The van der Waals surface area contributed by atoms with Crippen molar-refractivity contribution in [2.75, 3.05) is 0 Å². The van der Waals surface area contributed by atoms with E-state index >= 15 is 0 Å². The molecule has 0 bridgehead atoms. The molecule has 0 aliphatic heterocycles. The molecule has 5 heteroatoms. The number of aryl methyl sites for hydroxylation is 3. The molecule has 0 atom stereocenters. The van der Waals surface area contributed by atoms with Gasteiger partial charge in [0.2, 0.25) is 0 Å². The van der Waals surface area contributed by atoms with Gasteiger partial charge in [0, 0.05) is 25.1 Å². The molecule has 0 aliphatic rings. The molecule has 0 spiro atoms. The maximum absolute atomic E-state index is 12.3. The summed E-state index contributed by atoms with van der Waals surface area (Å²) in [6.07, 6.45) is 3.29. The van der Waals surface area contributed by atoms with Crippen molar-refractivity contribution in [3.8, 4) is 0 Å². The van der Waals surface area contributed by atoms with Gasteiger partial charge < -0.3 is 0 Å². The highest BCUT2D eigenvalue weighted by atomic mass is 16.2. The van der Waals surface area contributed by atoms with Crippen LogP contribution in [0.3, 0.4) is 0 Å². The zero-order chi connectivity index (χ0) is 11.9. The van der Waals surface area contributed by atoms with Crippen LogP contribution in [-0.2, 0) is 7.05 Å². The van der Waals surface area contributed by atoms with Crippen LogP contribution in [0, 0.1) is 20.8 Å². The third kappa shape index (κ3) is 1.44. The van der Waals surface area contributed by atoms with Gasteiger partial charge in [-0.2, -0.15) is 5.10 Å². The van der Waals surface area contributed by atoms with E-state index in [1.165, 1.54) is 4.57 Å². The van der Waals surface area contributed by atoms with E-state index in [4.69, 9.17) is 0 Å². The van der Waals surface area contributed by atoms with Gasteiger partial charge in [0.05, 0.1) is 11.3 Å². The summed E-state index contributed by atoms with van der Waals surface area (Å²) in [5.74, 6) is 0.616. The summed E-state index contributed by atoms with van der Waals surface area (Å²) < 4.78 is 3.26. The van der Waals surface area contributed by atoms with Crippen LogP contribution in [0.1, 0.15) is 27.6 Å². The van der Waals surface area contributed by atoms with Crippen molar-refractivity contribution >= 4 is 5.91 Å². The molecule has 0 unspecified atom stereocenters. The van der Waals surface area contributed by atoms with Crippen LogP contribution < -0.4 is 0 Å². The summed E-state index contributed by atoms with van der Waals surface area (Å²) in [6, 6.07) is 0. The summed E-state index contributed by atoms with van der Waals surface area (Å²) in [4.78, 5) is 16.3. The minimum Gasteiger partial charge on any atom is -0.272 e. The van der Waals surface area contributed by atoms with Crippen LogP contribution in [0.15, 0.2) is 12.4 Å². The SMILES string of the molecule is Cc1nn(C)c(C)c1C(=O)n1ccnc1C. The van der Waals surface area contributed by atoms with Gasteiger partial charge in [-0.1, -0.05) is 0 Å². The van der Waals surface area contributed by atoms with Crippen molar-refractivity contribution in [3.63, 3.8) is 0 Å². The number of carbonyl (C=O) groups is 1. The van der Waals surface area contributed by atoms with E-state index in [0.29, 0.717) is 11.4 Å². The highest BCUT2D eigenvalue weighted by Gasteiger charge is 2.19. The molecule has 2 rings (SSSR count). The topological polar surface area (TPSA) is 52.7 Å². The first-order valence-electron chi connectivity index (χ1n) is 5.07. The molecule has 0 aromatic carbocycles. The maximum atomic E-state index is 12.3. The van der Waals surface area contributed by atoms with E-state index in [1.807, 2.05) is 20.9 Å². The average molecular weight is 218 g/mol. The van der Waals surface area contributed by atoms with E-state index in [2.05, 4.69) is 10.1 Å². The molecule has 84 valence electrons. The van der Waals surface area contributed by atoms with Gasteiger partial charge in [-0.25, -0.2) is 4.98 Å². The van der Waals surface area contributed by atoms with E-state index in [1.54, 1.807) is 24.0 Å². The lowest BCUT2D eigenvalue weighted by Crippen LogP contribution is -2.14. The first kappa shape index (κ1) is 10.6. The van der Waals surface area contributed by atoms with Crippen LogP contribution in [0.25, 0.3) is 0 Å². The van der Waals surface area contributed by atoms with Crippen LogP contribution in [0.4, 0.5) is 0 Å².